The zero-order valence-electron chi connectivity index (χ0n) is 24.3. The van der Waals surface area contributed by atoms with Gasteiger partial charge in [0.25, 0.3) is 5.91 Å². The normalized spacial score (nSPS) is 41.2. The van der Waals surface area contributed by atoms with Crippen molar-refractivity contribution in [3.8, 4) is 0 Å². The number of nitrogens with zero attached hydrogens (tertiary/aromatic N) is 2. The molecule has 222 valence electrons. The minimum absolute atomic E-state index is 0.0111. The summed E-state index contributed by atoms with van der Waals surface area (Å²) in [5, 5.41) is 10.5. The number of Topliss-reactive ketones (excluding diaryl/α,β-unsaturated/α-hetero) is 1. The van der Waals surface area contributed by atoms with Gasteiger partial charge >= 0.3 is 0 Å². The van der Waals surface area contributed by atoms with Crippen molar-refractivity contribution in [3.63, 3.8) is 0 Å². The number of likely N-dealkylation sites (tertiary alicyclic amines) is 1. The Morgan fingerprint density at radius 2 is 1.80 bits per heavy atom. The van der Waals surface area contributed by atoms with E-state index in [2.05, 4.69) is 25.8 Å². The molecule has 3 N–H and O–H groups in total. The van der Waals surface area contributed by atoms with Crippen LogP contribution in [0.4, 0.5) is 0 Å². The van der Waals surface area contributed by atoms with Crippen LogP contribution in [0.15, 0.2) is 11.8 Å². The molecule has 7 rings (SSSR count). The summed E-state index contributed by atoms with van der Waals surface area (Å²) < 4.78 is 7.07. The smallest absolute Gasteiger partial charge is 0.256 e. The first-order valence-corrected chi connectivity index (χ1v) is 16.8. The van der Waals surface area contributed by atoms with Crippen LogP contribution in [0.2, 0.25) is 0 Å². The number of hydrogen-bond acceptors (Lipinski definition) is 7. The average Bonchev–Trinajstić information content (AvgIpc) is 3.69. The Kier molecular flexibility index (Phi) is 8.22. The van der Waals surface area contributed by atoms with E-state index in [0.717, 1.165) is 63.6 Å². The van der Waals surface area contributed by atoms with Crippen molar-refractivity contribution >= 4 is 11.7 Å². The van der Waals surface area contributed by atoms with E-state index in [1.54, 1.807) is 0 Å². The van der Waals surface area contributed by atoms with E-state index in [1.807, 2.05) is 6.20 Å². The van der Waals surface area contributed by atoms with Crippen LogP contribution in [0.5, 0.6) is 0 Å². The highest BCUT2D eigenvalue weighted by molar-refractivity contribution is 6.20. The lowest BCUT2D eigenvalue weighted by Gasteiger charge is -2.60. The molecule has 0 aromatic carbocycles. The third-order valence-electron chi connectivity index (χ3n) is 11.7. The molecule has 8 nitrogen and oxygen atoms in total. The molecule has 0 spiro atoms. The van der Waals surface area contributed by atoms with E-state index in [9.17, 15) is 9.59 Å². The predicted octanol–water partition coefficient (Wildman–Crippen LogP) is 2.58. The first-order chi connectivity index (χ1) is 19.7. The van der Waals surface area contributed by atoms with Gasteiger partial charge in [0.15, 0.2) is 5.78 Å². The van der Waals surface area contributed by atoms with Gasteiger partial charge in [0.05, 0.1) is 29.9 Å². The third-order valence-corrected chi connectivity index (χ3v) is 11.7. The number of rotatable bonds is 8. The quantitative estimate of drug-likeness (QED) is 0.399. The van der Waals surface area contributed by atoms with Crippen molar-refractivity contribution in [2.75, 3.05) is 39.3 Å². The van der Waals surface area contributed by atoms with Crippen molar-refractivity contribution in [1.29, 1.82) is 0 Å². The molecule has 4 heterocycles. The fourth-order valence-corrected chi connectivity index (χ4v) is 9.56. The maximum Gasteiger partial charge on any atom is 0.256 e. The zero-order valence-corrected chi connectivity index (χ0v) is 24.3. The Morgan fingerprint density at radius 1 is 0.975 bits per heavy atom. The molecule has 3 saturated carbocycles. The molecular formula is C32H51N5O3. The second-order valence-corrected chi connectivity index (χ2v) is 14.0. The van der Waals surface area contributed by atoms with E-state index < -0.39 is 0 Å². The Hall–Kier alpha value is -1.48. The van der Waals surface area contributed by atoms with E-state index in [-0.39, 0.29) is 47.9 Å². The summed E-state index contributed by atoms with van der Waals surface area (Å²) in [6.45, 7) is 6.21. The second-order valence-electron chi connectivity index (χ2n) is 14.0. The minimum atomic E-state index is -0.168. The summed E-state index contributed by atoms with van der Waals surface area (Å²) in [6.07, 6.45) is 17.6. The SMILES string of the molecule is O=C(NCCC1CCCN1)C1=CN2C3CC4CCCCC4CC3OC3C(NCCN4CCCC4)CCC(C1=O)C32. The van der Waals surface area contributed by atoms with Crippen molar-refractivity contribution < 1.29 is 14.3 Å². The van der Waals surface area contributed by atoms with E-state index >= 15 is 0 Å². The lowest BCUT2D eigenvalue weighted by Crippen LogP contribution is -2.71. The number of carbonyl (C=O) groups excluding carboxylic acids is 2. The molecule has 9 unspecified atom stereocenters. The van der Waals surface area contributed by atoms with E-state index in [0.29, 0.717) is 18.2 Å². The van der Waals surface area contributed by atoms with Crippen molar-refractivity contribution in [1.82, 2.24) is 25.8 Å². The number of morpholine rings is 1. The molecule has 9 atom stereocenters. The van der Waals surface area contributed by atoms with Crippen LogP contribution in [-0.4, -0.2) is 97.1 Å². The molecular weight excluding hydrogens is 502 g/mol. The van der Waals surface area contributed by atoms with Crippen LogP contribution in [0, 0.1) is 17.8 Å². The number of carbonyl (C=O) groups is 2. The third kappa shape index (κ3) is 5.38. The number of amides is 1. The Labute approximate surface area is 240 Å². The first kappa shape index (κ1) is 27.4. The van der Waals surface area contributed by atoms with Crippen LogP contribution in [0.25, 0.3) is 0 Å². The van der Waals surface area contributed by atoms with E-state index in [1.165, 1.54) is 64.5 Å². The first-order valence-electron chi connectivity index (χ1n) is 16.8. The van der Waals surface area contributed by atoms with Gasteiger partial charge in [-0.3, -0.25) is 9.59 Å². The van der Waals surface area contributed by atoms with Crippen LogP contribution in [0.1, 0.15) is 83.5 Å². The molecule has 4 aliphatic heterocycles. The molecule has 6 fully saturated rings. The number of ketones is 1. The summed E-state index contributed by atoms with van der Waals surface area (Å²) in [7, 11) is 0. The number of nitrogens with one attached hydrogen (secondary N) is 3. The topological polar surface area (TPSA) is 85.9 Å². The molecule has 0 aromatic heterocycles. The molecule has 3 saturated heterocycles. The van der Waals surface area contributed by atoms with Crippen LogP contribution in [-0.2, 0) is 14.3 Å². The Balaban J connectivity index is 1.10. The van der Waals surface area contributed by atoms with Crippen LogP contribution < -0.4 is 16.0 Å². The number of hydrogen-bond donors (Lipinski definition) is 3. The maximum atomic E-state index is 13.9. The predicted molar refractivity (Wildman–Crippen MR) is 155 cm³/mol. The molecule has 1 amide bonds. The van der Waals surface area contributed by atoms with Crippen molar-refractivity contribution in [2.45, 2.75) is 120 Å². The van der Waals surface area contributed by atoms with Gasteiger partial charge in [-0.15, -0.1) is 0 Å². The molecule has 0 radical (unpaired) electrons. The highest BCUT2D eigenvalue weighted by Gasteiger charge is 2.57. The van der Waals surface area contributed by atoms with Crippen molar-refractivity contribution in [2.24, 2.45) is 17.8 Å². The Morgan fingerprint density at radius 3 is 2.60 bits per heavy atom. The summed E-state index contributed by atoms with van der Waals surface area (Å²) in [5.41, 5.74) is 0.395. The van der Waals surface area contributed by atoms with Gasteiger partial charge in [0.2, 0.25) is 0 Å². The highest BCUT2D eigenvalue weighted by Crippen LogP contribution is 2.49. The summed E-state index contributed by atoms with van der Waals surface area (Å²) in [4.78, 5) is 32.4. The highest BCUT2D eigenvalue weighted by atomic mass is 16.5. The van der Waals surface area contributed by atoms with Gasteiger partial charge < -0.3 is 30.5 Å². The number of fused-ring (bicyclic) bond motifs is 3. The van der Waals surface area contributed by atoms with Gasteiger partial charge in [-0.05, 0) is 89.3 Å². The lowest BCUT2D eigenvalue weighted by molar-refractivity contribution is -0.200. The Bertz CT molecular complexity index is 960. The van der Waals surface area contributed by atoms with E-state index in [4.69, 9.17) is 4.74 Å². The second kappa shape index (κ2) is 12.0. The van der Waals surface area contributed by atoms with Crippen LogP contribution >= 0.6 is 0 Å². The maximum absolute atomic E-state index is 13.9. The van der Waals surface area contributed by atoms with Gasteiger partial charge in [-0.1, -0.05) is 25.7 Å². The molecule has 7 aliphatic rings. The standard InChI is InChI=1S/C32H51N5O3/c38-30-24-9-10-26(34-14-17-36-15-3-4-16-36)31-29(24)37(20-25(30)32(39)35-13-11-23-8-5-12-33-23)27-18-21-6-1-2-7-22(21)19-28(27)40-31/h20-24,26-29,31,33-34H,1-19H2,(H,35,39). The fourth-order valence-electron chi connectivity index (χ4n) is 9.56. The van der Waals surface area contributed by atoms with Gasteiger partial charge in [-0.2, -0.15) is 0 Å². The monoisotopic (exact) mass is 553 g/mol. The lowest BCUT2D eigenvalue weighted by atomic mass is 9.65. The summed E-state index contributed by atoms with van der Waals surface area (Å²) in [6, 6.07) is 1.09. The largest absolute Gasteiger partial charge is 0.369 e. The molecule has 0 aromatic rings. The van der Waals surface area contributed by atoms with Gasteiger partial charge in [-0.25, -0.2) is 0 Å². The van der Waals surface area contributed by atoms with Crippen molar-refractivity contribution in [3.05, 3.63) is 11.8 Å². The van der Waals surface area contributed by atoms with Gasteiger partial charge in [0.1, 0.15) is 0 Å². The molecule has 3 aliphatic carbocycles. The molecule has 8 heteroatoms. The fraction of sp³-hybridized carbons (Fsp3) is 0.875. The van der Waals surface area contributed by atoms with Gasteiger partial charge in [0, 0.05) is 43.8 Å². The minimum Gasteiger partial charge on any atom is -0.369 e. The average molecular weight is 554 g/mol. The molecule has 0 bridgehead atoms. The summed E-state index contributed by atoms with van der Waals surface area (Å²) in [5.74, 6) is 1.27. The summed E-state index contributed by atoms with van der Waals surface area (Å²) >= 11 is 0. The molecule has 40 heavy (non-hydrogen) atoms. The zero-order chi connectivity index (χ0) is 27.1. The number of ether oxygens (including phenoxy) is 1. The van der Waals surface area contributed by atoms with Crippen LogP contribution in [0.3, 0.4) is 0 Å².